The molecule has 0 aliphatic carbocycles. The van der Waals surface area contributed by atoms with Crippen molar-refractivity contribution in [3.8, 4) is 0 Å². The zero-order chi connectivity index (χ0) is 20.4. The van der Waals surface area contributed by atoms with Crippen molar-refractivity contribution in [3.05, 3.63) is 57.5 Å². The fourth-order valence-corrected chi connectivity index (χ4v) is 5.11. The molecule has 29 heavy (non-hydrogen) atoms. The number of carbonyl (C=O) groups is 2. The fourth-order valence-electron chi connectivity index (χ4n) is 4.22. The molecule has 2 amide bonds. The summed E-state index contributed by atoms with van der Waals surface area (Å²) < 4.78 is 13.1. The van der Waals surface area contributed by atoms with Gasteiger partial charge in [-0.1, -0.05) is 12.1 Å². The normalized spacial score (nSPS) is 20.9. The van der Waals surface area contributed by atoms with Gasteiger partial charge in [0.2, 0.25) is 5.91 Å². The number of thiophene rings is 1. The van der Waals surface area contributed by atoms with Crippen LogP contribution in [0, 0.1) is 12.7 Å². The molecule has 2 aliphatic rings. The molecule has 0 N–H and O–H groups in total. The smallest absolute Gasteiger partial charge is 0.264 e. The molecule has 7 heteroatoms. The van der Waals surface area contributed by atoms with Crippen LogP contribution in [0.3, 0.4) is 0 Å². The summed E-state index contributed by atoms with van der Waals surface area (Å²) in [4.78, 5) is 32.6. The lowest BCUT2D eigenvalue weighted by atomic mass is 10.2. The van der Waals surface area contributed by atoms with E-state index in [2.05, 4.69) is 4.90 Å². The van der Waals surface area contributed by atoms with Gasteiger partial charge in [0.1, 0.15) is 5.82 Å². The van der Waals surface area contributed by atoms with E-state index >= 15 is 0 Å². The Kier molecular flexibility index (Phi) is 5.96. The molecule has 154 valence electrons. The van der Waals surface area contributed by atoms with Crippen LogP contribution < -0.4 is 0 Å². The number of hydrogen-bond donors (Lipinski definition) is 0. The SMILES string of the molecule is Cc1ccsc1C(=O)N1CCCN(C2CCN(Cc3ccc(F)cc3)C2=O)CC1. The molecule has 2 aromatic rings. The van der Waals surface area contributed by atoms with Gasteiger partial charge in [-0.25, -0.2) is 4.39 Å². The molecule has 0 spiro atoms. The van der Waals surface area contributed by atoms with E-state index < -0.39 is 0 Å². The Morgan fingerprint density at radius 2 is 1.90 bits per heavy atom. The predicted molar refractivity (Wildman–Crippen MR) is 111 cm³/mol. The first-order chi connectivity index (χ1) is 14.0. The second-order valence-electron chi connectivity index (χ2n) is 7.81. The van der Waals surface area contributed by atoms with Crippen molar-refractivity contribution in [2.45, 2.75) is 32.4 Å². The van der Waals surface area contributed by atoms with Gasteiger partial charge in [-0.05, 0) is 54.5 Å². The maximum atomic E-state index is 13.1. The van der Waals surface area contributed by atoms with Crippen LogP contribution in [0.5, 0.6) is 0 Å². The molecular formula is C22H26FN3O2S. The molecule has 0 bridgehead atoms. The van der Waals surface area contributed by atoms with Crippen molar-refractivity contribution in [2.75, 3.05) is 32.7 Å². The van der Waals surface area contributed by atoms with Crippen molar-refractivity contribution in [1.29, 1.82) is 0 Å². The summed E-state index contributed by atoms with van der Waals surface area (Å²) in [5, 5.41) is 1.96. The van der Waals surface area contributed by atoms with E-state index in [4.69, 9.17) is 0 Å². The van der Waals surface area contributed by atoms with Gasteiger partial charge in [-0.15, -0.1) is 11.3 Å². The fraction of sp³-hybridized carbons (Fsp3) is 0.455. The van der Waals surface area contributed by atoms with Crippen LogP contribution in [-0.2, 0) is 11.3 Å². The molecule has 2 fully saturated rings. The predicted octanol–water partition coefficient (Wildman–Crippen LogP) is 3.14. The van der Waals surface area contributed by atoms with Crippen LogP contribution in [0.15, 0.2) is 35.7 Å². The van der Waals surface area contributed by atoms with E-state index in [0.29, 0.717) is 19.6 Å². The zero-order valence-corrected chi connectivity index (χ0v) is 17.5. The number of amides is 2. The average Bonchev–Trinajstić information content (AvgIpc) is 3.20. The molecule has 4 rings (SSSR count). The van der Waals surface area contributed by atoms with E-state index in [1.165, 1.54) is 23.5 Å². The Morgan fingerprint density at radius 1 is 1.10 bits per heavy atom. The van der Waals surface area contributed by atoms with Crippen molar-refractivity contribution >= 4 is 23.2 Å². The highest BCUT2D eigenvalue weighted by atomic mass is 32.1. The van der Waals surface area contributed by atoms with Gasteiger partial charge in [-0.3, -0.25) is 14.5 Å². The van der Waals surface area contributed by atoms with Crippen molar-refractivity contribution in [2.24, 2.45) is 0 Å². The third-order valence-electron chi connectivity index (χ3n) is 5.87. The quantitative estimate of drug-likeness (QED) is 0.771. The van der Waals surface area contributed by atoms with Crippen molar-refractivity contribution < 1.29 is 14.0 Å². The van der Waals surface area contributed by atoms with Gasteiger partial charge >= 0.3 is 0 Å². The number of nitrogens with zero attached hydrogens (tertiary/aromatic N) is 3. The van der Waals surface area contributed by atoms with E-state index in [0.717, 1.165) is 48.5 Å². The Bertz CT molecular complexity index is 882. The Labute approximate surface area is 174 Å². The topological polar surface area (TPSA) is 43.9 Å². The van der Waals surface area contributed by atoms with Gasteiger partial charge < -0.3 is 9.80 Å². The molecule has 1 unspecified atom stereocenters. The highest BCUT2D eigenvalue weighted by Gasteiger charge is 2.36. The summed E-state index contributed by atoms with van der Waals surface area (Å²) in [5.74, 6) is -0.0148. The second kappa shape index (κ2) is 8.63. The van der Waals surface area contributed by atoms with Gasteiger partial charge in [0, 0.05) is 39.3 Å². The van der Waals surface area contributed by atoms with Gasteiger partial charge in [0.05, 0.1) is 10.9 Å². The van der Waals surface area contributed by atoms with E-state index in [9.17, 15) is 14.0 Å². The van der Waals surface area contributed by atoms with Crippen LogP contribution in [0.1, 0.15) is 33.6 Å². The minimum atomic E-state index is -0.263. The first-order valence-corrected chi connectivity index (χ1v) is 11.0. The third-order valence-corrected chi connectivity index (χ3v) is 6.88. The lowest BCUT2D eigenvalue weighted by molar-refractivity contribution is -0.132. The molecule has 1 atom stereocenters. The molecule has 3 heterocycles. The summed E-state index contributed by atoms with van der Waals surface area (Å²) in [7, 11) is 0. The van der Waals surface area contributed by atoms with Crippen LogP contribution in [0.25, 0.3) is 0 Å². The van der Waals surface area contributed by atoms with Crippen LogP contribution in [0.4, 0.5) is 4.39 Å². The molecule has 1 aromatic heterocycles. The first kappa shape index (κ1) is 20.0. The first-order valence-electron chi connectivity index (χ1n) is 10.1. The Morgan fingerprint density at radius 3 is 2.62 bits per heavy atom. The highest BCUT2D eigenvalue weighted by molar-refractivity contribution is 7.12. The molecule has 5 nitrogen and oxygen atoms in total. The Hall–Kier alpha value is -2.25. The standard InChI is InChI=1S/C22H26FN3O2S/c1-16-8-14-29-20(16)22(28)25-10-2-9-24(12-13-25)19-7-11-26(21(19)27)15-17-3-5-18(23)6-4-17/h3-6,8,14,19H,2,7,9-13,15H2,1H3. The number of hydrogen-bond acceptors (Lipinski definition) is 4. The largest absolute Gasteiger partial charge is 0.337 e. The minimum Gasteiger partial charge on any atom is -0.337 e. The summed E-state index contributed by atoms with van der Waals surface area (Å²) in [6.45, 7) is 6.14. The zero-order valence-electron chi connectivity index (χ0n) is 16.6. The molecule has 0 saturated carbocycles. The average molecular weight is 416 g/mol. The van der Waals surface area contributed by atoms with Gasteiger partial charge in [0.25, 0.3) is 5.91 Å². The van der Waals surface area contributed by atoms with Crippen molar-refractivity contribution in [1.82, 2.24) is 14.7 Å². The monoisotopic (exact) mass is 415 g/mol. The Balaban J connectivity index is 1.36. The summed E-state index contributed by atoms with van der Waals surface area (Å²) in [6.07, 6.45) is 1.68. The third kappa shape index (κ3) is 4.36. The maximum absolute atomic E-state index is 13.1. The van der Waals surface area contributed by atoms with E-state index in [-0.39, 0.29) is 23.7 Å². The second-order valence-corrected chi connectivity index (χ2v) is 8.72. The summed E-state index contributed by atoms with van der Waals surface area (Å²) in [6, 6.07) is 8.20. The molecule has 1 aromatic carbocycles. The molecule has 0 radical (unpaired) electrons. The molecule has 2 saturated heterocycles. The van der Waals surface area contributed by atoms with Crippen LogP contribution in [-0.4, -0.2) is 65.3 Å². The molecule has 2 aliphatic heterocycles. The van der Waals surface area contributed by atoms with E-state index in [1.807, 2.05) is 28.2 Å². The van der Waals surface area contributed by atoms with Crippen LogP contribution >= 0.6 is 11.3 Å². The number of halogens is 1. The summed E-state index contributed by atoms with van der Waals surface area (Å²) in [5.41, 5.74) is 1.97. The lowest BCUT2D eigenvalue weighted by Crippen LogP contribution is -2.44. The number of carbonyl (C=O) groups excluding carboxylic acids is 2. The van der Waals surface area contributed by atoms with Gasteiger partial charge in [-0.2, -0.15) is 0 Å². The highest BCUT2D eigenvalue weighted by Crippen LogP contribution is 2.23. The number of benzene rings is 1. The number of rotatable bonds is 4. The number of likely N-dealkylation sites (tertiary alicyclic amines) is 1. The van der Waals surface area contributed by atoms with Gasteiger partial charge in [0.15, 0.2) is 0 Å². The van der Waals surface area contributed by atoms with Crippen LogP contribution in [0.2, 0.25) is 0 Å². The summed E-state index contributed by atoms with van der Waals surface area (Å²) >= 11 is 1.50. The molecular weight excluding hydrogens is 389 g/mol. The minimum absolute atomic E-state index is 0.107. The van der Waals surface area contributed by atoms with Crippen molar-refractivity contribution in [3.63, 3.8) is 0 Å². The number of aryl methyl sites for hydroxylation is 1. The lowest BCUT2D eigenvalue weighted by Gasteiger charge is -2.26. The van der Waals surface area contributed by atoms with E-state index in [1.54, 1.807) is 12.1 Å². The maximum Gasteiger partial charge on any atom is 0.264 e.